The van der Waals surface area contributed by atoms with Crippen LogP contribution in [0.2, 0.25) is 0 Å². The van der Waals surface area contributed by atoms with Crippen LogP contribution in [0.25, 0.3) is 0 Å². The van der Waals surface area contributed by atoms with Crippen molar-refractivity contribution >= 4 is 5.78 Å². The Morgan fingerprint density at radius 1 is 0.938 bits per heavy atom. The monoisotopic (exact) mass is 221 g/mol. The summed E-state index contributed by atoms with van der Waals surface area (Å²) in [5, 5.41) is 0. The van der Waals surface area contributed by atoms with E-state index in [1.807, 2.05) is 0 Å². The van der Waals surface area contributed by atoms with Crippen LogP contribution in [0.15, 0.2) is 0 Å². The van der Waals surface area contributed by atoms with Gasteiger partial charge in [-0.1, -0.05) is 19.3 Å². The number of carbonyl (C=O) groups is 1. The van der Waals surface area contributed by atoms with E-state index < -0.39 is 0 Å². The van der Waals surface area contributed by atoms with Crippen LogP contribution in [0.5, 0.6) is 0 Å². The van der Waals surface area contributed by atoms with Crippen molar-refractivity contribution in [3.05, 3.63) is 0 Å². The summed E-state index contributed by atoms with van der Waals surface area (Å²) in [5.41, 5.74) is 0.00157. The quantitative estimate of drug-likeness (QED) is 0.730. The highest BCUT2D eigenvalue weighted by atomic mass is 16.1. The van der Waals surface area contributed by atoms with Crippen molar-refractivity contribution in [1.29, 1.82) is 0 Å². The average Bonchev–Trinajstić information content (AvgIpc) is 2.87. The van der Waals surface area contributed by atoms with Gasteiger partial charge in [0.05, 0.1) is 5.54 Å². The van der Waals surface area contributed by atoms with Gasteiger partial charge in [0.15, 0.2) is 5.78 Å². The lowest BCUT2D eigenvalue weighted by atomic mass is 9.73. The molecule has 3 rings (SSSR count). The van der Waals surface area contributed by atoms with Crippen LogP contribution in [0.3, 0.4) is 0 Å². The van der Waals surface area contributed by atoms with Crippen LogP contribution in [0.4, 0.5) is 0 Å². The zero-order chi connectivity index (χ0) is 11.0. The van der Waals surface area contributed by atoms with Crippen molar-refractivity contribution in [1.82, 2.24) is 4.90 Å². The molecule has 3 aliphatic rings. The molecule has 0 bridgehead atoms. The average molecular weight is 221 g/mol. The summed E-state index contributed by atoms with van der Waals surface area (Å²) < 4.78 is 0. The van der Waals surface area contributed by atoms with Crippen molar-refractivity contribution < 1.29 is 4.79 Å². The van der Waals surface area contributed by atoms with Gasteiger partial charge < -0.3 is 0 Å². The molecule has 16 heavy (non-hydrogen) atoms. The number of rotatable bonds is 3. The number of likely N-dealkylation sites (tertiary alicyclic amines) is 1. The molecule has 0 unspecified atom stereocenters. The Morgan fingerprint density at radius 2 is 1.56 bits per heavy atom. The lowest BCUT2D eigenvalue weighted by molar-refractivity contribution is -0.137. The molecule has 0 N–H and O–H groups in total. The molecule has 0 aromatic carbocycles. The van der Waals surface area contributed by atoms with E-state index in [1.165, 1.54) is 58.0 Å². The number of nitrogens with zero attached hydrogens (tertiary/aromatic N) is 1. The summed E-state index contributed by atoms with van der Waals surface area (Å²) >= 11 is 0. The second-order valence-electron chi connectivity index (χ2n) is 5.92. The van der Waals surface area contributed by atoms with Crippen molar-refractivity contribution in [2.24, 2.45) is 5.92 Å². The highest BCUT2D eigenvalue weighted by molar-refractivity contribution is 5.91. The smallest absolute Gasteiger partial charge is 0.156 e. The third kappa shape index (κ3) is 1.54. The van der Waals surface area contributed by atoms with Gasteiger partial charge in [-0.15, -0.1) is 0 Å². The highest BCUT2D eigenvalue weighted by Gasteiger charge is 2.49. The van der Waals surface area contributed by atoms with Gasteiger partial charge in [0, 0.05) is 5.92 Å². The van der Waals surface area contributed by atoms with E-state index in [1.54, 1.807) is 0 Å². The second-order valence-corrected chi connectivity index (χ2v) is 5.92. The van der Waals surface area contributed by atoms with E-state index in [-0.39, 0.29) is 5.54 Å². The van der Waals surface area contributed by atoms with Crippen molar-refractivity contribution in [3.8, 4) is 0 Å². The zero-order valence-corrected chi connectivity index (χ0v) is 10.2. The van der Waals surface area contributed by atoms with Crippen molar-refractivity contribution in [2.75, 3.05) is 13.1 Å². The lowest BCUT2D eigenvalue weighted by Crippen LogP contribution is -2.54. The maximum atomic E-state index is 12.7. The van der Waals surface area contributed by atoms with E-state index in [4.69, 9.17) is 0 Å². The highest BCUT2D eigenvalue weighted by Crippen LogP contribution is 2.43. The van der Waals surface area contributed by atoms with Gasteiger partial charge in [-0.25, -0.2) is 0 Å². The first kappa shape index (κ1) is 10.8. The Labute approximate surface area is 98.4 Å². The third-order valence-electron chi connectivity index (χ3n) is 5.08. The zero-order valence-electron chi connectivity index (χ0n) is 10.2. The fourth-order valence-corrected chi connectivity index (χ4v) is 3.87. The molecule has 0 spiro atoms. The van der Waals surface area contributed by atoms with Gasteiger partial charge in [0.1, 0.15) is 0 Å². The molecule has 1 saturated heterocycles. The predicted molar refractivity (Wildman–Crippen MR) is 64.4 cm³/mol. The molecule has 2 nitrogen and oxygen atoms in total. The first-order chi connectivity index (χ1) is 7.83. The maximum Gasteiger partial charge on any atom is 0.156 e. The summed E-state index contributed by atoms with van der Waals surface area (Å²) in [4.78, 5) is 15.2. The van der Waals surface area contributed by atoms with Gasteiger partial charge in [0.2, 0.25) is 0 Å². The molecule has 0 aromatic heterocycles. The number of hydrogen-bond acceptors (Lipinski definition) is 2. The summed E-state index contributed by atoms with van der Waals surface area (Å²) in [7, 11) is 0. The SMILES string of the molecule is O=C(C1CCC1)C1(N2CCCC2)CCCC1. The van der Waals surface area contributed by atoms with E-state index >= 15 is 0 Å². The Morgan fingerprint density at radius 3 is 2.06 bits per heavy atom. The molecule has 2 heteroatoms. The number of carbonyl (C=O) groups excluding carboxylic acids is 1. The molecule has 0 amide bonds. The second kappa shape index (κ2) is 4.14. The standard InChI is InChI=1S/C14H23NO/c16-13(12-6-5-7-12)14(8-1-2-9-14)15-10-3-4-11-15/h12H,1-11H2. The van der Waals surface area contributed by atoms with Gasteiger partial charge in [-0.3, -0.25) is 9.69 Å². The molecule has 2 saturated carbocycles. The fraction of sp³-hybridized carbons (Fsp3) is 0.929. The van der Waals surface area contributed by atoms with Crippen LogP contribution in [-0.4, -0.2) is 29.3 Å². The minimum Gasteiger partial charge on any atom is -0.297 e. The Kier molecular flexibility index (Phi) is 2.78. The molecule has 1 heterocycles. The lowest BCUT2D eigenvalue weighted by Gasteiger charge is -2.41. The van der Waals surface area contributed by atoms with E-state index in [2.05, 4.69) is 4.90 Å². The van der Waals surface area contributed by atoms with Gasteiger partial charge in [-0.2, -0.15) is 0 Å². The minimum absolute atomic E-state index is 0.00157. The van der Waals surface area contributed by atoms with Crippen LogP contribution in [0.1, 0.15) is 57.8 Å². The normalized spacial score (nSPS) is 30.5. The first-order valence-corrected chi connectivity index (χ1v) is 7.12. The van der Waals surface area contributed by atoms with Crippen molar-refractivity contribution in [2.45, 2.75) is 63.3 Å². The fourth-order valence-electron chi connectivity index (χ4n) is 3.87. The maximum absolute atomic E-state index is 12.7. The Balaban J connectivity index is 1.80. The van der Waals surface area contributed by atoms with Gasteiger partial charge in [-0.05, 0) is 51.6 Å². The van der Waals surface area contributed by atoms with Crippen LogP contribution in [-0.2, 0) is 4.79 Å². The summed E-state index contributed by atoms with van der Waals surface area (Å²) in [6, 6.07) is 0. The molecule has 0 radical (unpaired) electrons. The molecule has 1 aliphatic heterocycles. The number of hydrogen-bond donors (Lipinski definition) is 0. The summed E-state index contributed by atoms with van der Waals surface area (Å²) in [6.07, 6.45) is 11.1. The van der Waals surface area contributed by atoms with E-state index in [0.717, 1.165) is 12.8 Å². The Hall–Kier alpha value is -0.370. The van der Waals surface area contributed by atoms with Crippen molar-refractivity contribution in [3.63, 3.8) is 0 Å². The van der Waals surface area contributed by atoms with Gasteiger partial charge >= 0.3 is 0 Å². The predicted octanol–water partition coefficient (Wildman–Crippen LogP) is 2.76. The first-order valence-electron chi connectivity index (χ1n) is 7.12. The van der Waals surface area contributed by atoms with Crippen LogP contribution < -0.4 is 0 Å². The van der Waals surface area contributed by atoms with E-state index in [0.29, 0.717) is 11.7 Å². The molecular weight excluding hydrogens is 198 g/mol. The minimum atomic E-state index is 0.00157. The molecular formula is C14H23NO. The van der Waals surface area contributed by atoms with Crippen LogP contribution in [0, 0.1) is 5.92 Å². The van der Waals surface area contributed by atoms with Gasteiger partial charge in [0.25, 0.3) is 0 Å². The molecule has 2 aliphatic carbocycles. The molecule has 3 fully saturated rings. The molecule has 90 valence electrons. The van der Waals surface area contributed by atoms with Crippen LogP contribution >= 0.6 is 0 Å². The van der Waals surface area contributed by atoms with E-state index in [9.17, 15) is 4.79 Å². The third-order valence-corrected chi connectivity index (χ3v) is 5.08. The molecule has 0 atom stereocenters. The Bertz CT molecular complexity index is 270. The largest absolute Gasteiger partial charge is 0.297 e. The number of Topliss-reactive ketones (excluding diaryl/α,β-unsaturated/α-hetero) is 1. The summed E-state index contributed by atoms with van der Waals surface area (Å²) in [5.74, 6) is 1.05. The summed E-state index contributed by atoms with van der Waals surface area (Å²) in [6.45, 7) is 2.36. The molecule has 0 aromatic rings. The topological polar surface area (TPSA) is 20.3 Å². The number of ketones is 1.